The number of fused-ring (bicyclic) bond motifs is 1. The van der Waals surface area contributed by atoms with Gasteiger partial charge in [0.1, 0.15) is 17.4 Å². The maximum absolute atomic E-state index is 12.0. The van der Waals surface area contributed by atoms with Crippen LogP contribution in [0.4, 0.5) is 5.69 Å². The summed E-state index contributed by atoms with van der Waals surface area (Å²) in [5.74, 6) is 0.510. The molecular weight excluding hydrogens is 218 g/mol. The molecule has 1 aromatic rings. The van der Waals surface area contributed by atoms with Crippen LogP contribution in [0, 0.1) is 0 Å². The minimum Gasteiger partial charge on any atom is -0.482 e. The summed E-state index contributed by atoms with van der Waals surface area (Å²) in [6.07, 6.45) is 0.746. The van der Waals surface area contributed by atoms with E-state index in [9.17, 15) is 4.79 Å². The Bertz CT molecular complexity index is 455. The van der Waals surface area contributed by atoms with E-state index >= 15 is 0 Å². The SMILES string of the molecule is NC1C(=O)Nc2ccccc2OC12CCNC2. The number of carbonyl (C=O) groups excluding carboxylic acids is 1. The van der Waals surface area contributed by atoms with E-state index in [0.29, 0.717) is 18.0 Å². The van der Waals surface area contributed by atoms with Gasteiger partial charge in [-0.05, 0) is 18.7 Å². The number of hydrogen-bond donors (Lipinski definition) is 3. The maximum atomic E-state index is 12.0. The molecule has 1 fully saturated rings. The highest BCUT2D eigenvalue weighted by Crippen LogP contribution is 2.35. The van der Waals surface area contributed by atoms with Gasteiger partial charge in [-0.25, -0.2) is 0 Å². The molecule has 4 N–H and O–H groups in total. The number of rotatable bonds is 0. The summed E-state index contributed by atoms with van der Waals surface area (Å²) < 4.78 is 6.02. The molecule has 0 aliphatic carbocycles. The van der Waals surface area contributed by atoms with Gasteiger partial charge in [-0.2, -0.15) is 0 Å². The highest BCUT2D eigenvalue weighted by atomic mass is 16.5. The van der Waals surface area contributed by atoms with Gasteiger partial charge in [0.25, 0.3) is 0 Å². The number of nitrogens with two attached hydrogens (primary N) is 1. The number of amides is 1. The zero-order valence-corrected chi connectivity index (χ0v) is 9.40. The van der Waals surface area contributed by atoms with Crippen molar-refractivity contribution in [1.29, 1.82) is 0 Å². The van der Waals surface area contributed by atoms with Crippen molar-refractivity contribution in [3.63, 3.8) is 0 Å². The first-order chi connectivity index (χ1) is 8.21. The molecule has 2 aliphatic rings. The number of carbonyl (C=O) groups is 1. The van der Waals surface area contributed by atoms with Crippen molar-refractivity contribution in [3.05, 3.63) is 24.3 Å². The lowest BCUT2D eigenvalue weighted by Gasteiger charge is -2.31. The van der Waals surface area contributed by atoms with E-state index in [2.05, 4.69) is 10.6 Å². The van der Waals surface area contributed by atoms with Crippen LogP contribution in [0.5, 0.6) is 5.75 Å². The summed E-state index contributed by atoms with van der Waals surface area (Å²) in [5, 5.41) is 6.01. The fourth-order valence-electron chi connectivity index (χ4n) is 2.43. The number of para-hydroxylation sites is 2. The molecule has 1 amide bonds. The molecule has 1 aromatic carbocycles. The molecule has 0 radical (unpaired) electrons. The highest BCUT2D eigenvalue weighted by Gasteiger charge is 2.47. The first-order valence-corrected chi connectivity index (χ1v) is 5.76. The molecule has 5 nitrogen and oxygen atoms in total. The summed E-state index contributed by atoms with van der Waals surface area (Å²) in [5.41, 5.74) is 6.10. The predicted molar refractivity (Wildman–Crippen MR) is 63.9 cm³/mol. The van der Waals surface area contributed by atoms with Crippen molar-refractivity contribution in [2.45, 2.75) is 18.1 Å². The Balaban J connectivity index is 2.05. The van der Waals surface area contributed by atoms with Gasteiger partial charge in [0, 0.05) is 13.0 Å². The average molecular weight is 233 g/mol. The molecule has 1 saturated heterocycles. The second-order valence-corrected chi connectivity index (χ2v) is 4.56. The number of hydrogen-bond acceptors (Lipinski definition) is 4. The molecular formula is C12H15N3O2. The Morgan fingerprint density at radius 2 is 2.24 bits per heavy atom. The van der Waals surface area contributed by atoms with E-state index in [1.165, 1.54) is 0 Å². The molecule has 90 valence electrons. The molecule has 2 atom stereocenters. The van der Waals surface area contributed by atoms with Crippen LogP contribution in [-0.2, 0) is 4.79 Å². The van der Waals surface area contributed by atoms with Crippen molar-refractivity contribution in [1.82, 2.24) is 5.32 Å². The predicted octanol–water partition coefficient (Wildman–Crippen LogP) is 0.0769. The van der Waals surface area contributed by atoms with Gasteiger partial charge in [-0.1, -0.05) is 12.1 Å². The van der Waals surface area contributed by atoms with E-state index in [1.807, 2.05) is 24.3 Å². The zero-order valence-electron chi connectivity index (χ0n) is 9.40. The lowest BCUT2D eigenvalue weighted by Crippen LogP contribution is -2.58. The molecule has 0 saturated carbocycles. The van der Waals surface area contributed by atoms with E-state index in [-0.39, 0.29) is 5.91 Å². The van der Waals surface area contributed by atoms with Crippen molar-refractivity contribution < 1.29 is 9.53 Å². The maximum Gasteiger partial charge on any atom is 0.245 e. The van der Waals surface area contributed by atoms with E-state index < -0.39 is 11.6 Å². The van der Waals surface area contributed by atoms with Crippen LogP contribution in [0.2, 0.25) is 0 Å². The van der Waals surface area contributed by atoms with Crippen molar-refractivity contribution in [2.24, 2.45) is 5.73 Å². The number of nitrogens with one attached hydrogen (secondary N) is 2. The van der Waals surface area contributed by atoms with Crippen molar-refractivity contribution in [3.8, 4) is 5.75 Å². The fourth-order valence-corrected chi connectivity index (χ4v) is 2.43. The minimum absolute atomic E-state index is 0.182. The molecule has 0 aromatic heterocycles. The Morgan fingerprint density at radius 1 is 1.41 bits per heavy atom. The quantitative estimate of drug-likeness (QED) is 0.593. The highest BCUT2D eigenvalue weighted by molar-refractivity contribution is 5.97. The average Bonchev–Trinajstić information content (AvgIpc) is 2.76. The third-order valence-electron chi connectivity index (χ3n) is 3.46. The van der Waals surface area contributed by atoms with Crippen LogP contribution in [0.25, 0.3) is 0 Å². The smallest absolute Gasteiger partial charge is 0.245 e. The Kier molecular flexibility index (Phi) is 2.31. The molecule has 1 spiro atoms. The van der Waals surface area contributed by atoms with Gasteiger partial charge in [-0.3, -0.25) is 4.79 Å². The Labute approximate surface area is 99.3 Å². The summed E-state index contributed by atoms with van der Waals surface area (Å²) in [6, 6.07) is 6.77. The fraction of sp³-hybridized carbons (Fsp3) is 0.417. The van der Waals surface area contributed by atoms with Gasteiger partial charge < -0.3 is 21.1 Å². The monoisotopic (exact) mass is 233 g/mol. The number of benzene rings is 1. The van der Waals surface area contributed by atoms with Crippen LogP contribution < -0.4 is 21.1 Å². The lowest BCUT2D eigenvalue weighted by atomic mass is 9.93. The Hall–Kier alpha value is -1.59. The largest absolute Gasteiger partial charge is 0.482 e. The number of anilines is 1. The van der Waals surface area contributed by atoms with Gasteiger partial charge in [0.2, 0.25) is 5.91 Å². The first-order valence-electron chi connectivity index (χ1n) is 5.76. The Morgan fingerprint density at radius 3 is 3.00 bits per heavy atom. The van der Waals surface area contributed by atoms with Crippen LogP contribution in [0.1, 0.15) is 6.42 Å². The van der Waals surface area contributed by atoms with Gasteiger partial charge in [-0.15, -0.1) is 0 Å². The molecule has 17 heavy (non-hydrogen) atoms. The first kappa shape index (κ1) is 10.6. The van der Waals surface area contributed by atoms with E-state index in [1.54, 1.807) is 0 Å². The van der Waals surface area contributed by atoms with Crippen LogP contribution >= 0.6 is 0 Å². The van der Waals surface area contributed by atoms with Crippen LogP contribution in [0.3, 0.4) is 0 Å². The van der Waals surface area contributed by atoms with Crippen molar-refractivity contribution >= 4 is 11.6 Å². The topological polar surface area (TPSA) is 76.4 Å². The summed E-state index contributed by atoms with van der Waals surface area (Å²) >= 11 is 0. The minimum atomic E-state index is -0.648. The zero-order chi connectivity index (χ0) is 11.9. The molecule has 2 aliphatic heterocycles. The molecule has 3 rings (SSSR count). The van der Waals surface area contributed by atoms with Crippen molar-refractivity contribution in [2.75, 3.05) is 18.4 Å². The third kappa shape index (κ3) is 1.59. The van der Waals surface area contributed by atoms with Gasteiger partial charge in [0.15, 0.2) is 0 Å². The van der Waals surface area contributed by atoms with Crippen LogP contribution in [-0.4, -0.2) is 30.6 Å². The third-order valence-corrected chi connectivity index (χ3v) is 3.46. The molecule has 2 heterocycles. The summed E-state index contributed by atoms with van der Waals surface area (Å²) in [7, 11) is 0. The second kappa shape index (κ2) is 3.72. The van der Waals surface area contributed by atoms with Gasteiger partial charge >= 0.3 is 0 Å². The molecule has 2 unspecified atom stereocenters. The molecule has 0 bridgehead atoms. The van der Waals surface area contributed by atoms with E-state index in [0.717, 1.165) is 13.0 Å². The normalized spacial score (nSPS) is 31.6. The second-order valence-electron chi connectivity index (χ2n) is 4.56. The number of ether oxygens (including phenoxy) is 1. The summed E-state index contributed by atoms with van der Waals surface area (Å²) in [6.45, 7) is 1.43. The molecule has 5 heteroatoms. The van der Waals surface area contributed by atoms with E-state index in [4.69, 9.17) is 10.5 Å². The summed E-state index contributed by atoms with van der Waals surface area (Å²) in [4.78, 5) is 12.0. The van der Waals surface area contributed by atoms with Crippen LogP contribution in [0.15, 0.2) is 24.3 Å². The standard InChI is InChI=1S/C12H15N3O2/c13-10-11(16)15-8-3-1-2-4-9(8)17-12(10)5-6-14-7-12/h1-4,10,14H,5-7,13H2,(H,15,16). The lowest BCUT2D eigenvalue weighted by molar-refractivity contribution is -0.121. The van der Waals surface area contributed by atoms with Gasteiger partial charge in [0.05, 0.1) is 5.69 Å².